The quantitative estimate of drug-likeness (QED) is 0.643. The average molecular weight is 453 g/mol. The van der Waals surface area contributed by atoms with Crippen LogP contribution in [0.5, 0.6) is 5.75 Å². The Kier molecular flexibility index (Phi) is 6.79. The lowest BCUT2D eigenvalue weighted by Gasteiger charge is -2.25. The molecule has 1 aliphatic heterocycles. The van der Waals surface area contributed by atoms with Crippen molar-refractivity contribution < 1.29 is 27.5 Å². The number of methoxy groups -OCH3 is 2. The van der Waals surface area contributed by atoms with E-state index in [-0.39, 0.29) is 4.90 Å². The normalized spacial score (nSPS) is 14.1. The smallest absolute Gasteiger partial charge is 0.341 e. The second-order valence-electron chi connectivity index (χ2n) is 6.80. The van der Waals surface area contributed by atoms with Crippen molar-refractivity contribution in [3.63, 3.8) is 0 Å². The Morgan fingerprint density at radius 2 is 1.90 bits per heavy atom. The van der Waals surface area contributed by atoms with Crippen LogP contribution in [0.25, 0.3) is 0 Å². The summed E-state index contributed by atoms with van der Waals surface area (Å²) in [5.41, 5.74) is 1.19. The van der Waals surface area contributed by atoms with Gasteiger partial charge in [0.2, 0.25) is 5.91 Å². The van der Waals surface area contributed by atoms with Gasteiger partial charge in [-0.25, -0.2) is 13.2 Å². The highest BCUT2D eigenvalue weighted by atomic mass is 32.2. The first kappa shape index (κ1) is 22.3. The summed E-state index contributed by atoms with van der Waals surface area (Å²) in [6.45, 7) is 4.43. The van der Waals surface area contributed by atoms with E-state index in [1.807, 2.05) is 0 Å². The van der Waals surface area contributed by atoms with Gasteiger partial charge in [0.1, 0.15) is 16.5 Å². The van der Waals surface area contributed by atoms with E-state index < -0.39 is 27.5 Å². The number of amides is 1. The maximum atomic E-state index is 12.6. The predicted molar refractivity (Wildman–Crippen MR) is 114 cm³/mol. The first-order chi connectivity index (χ1) is 14.3. The molecule has 3 rings (SSSR count). The molecule has 0 unspecified atom stereocenters. The van der Waals surface area contributed by atoms with Gasteiger partial charge >= 0.3 is 5.97 Å². The number of hydrogen-bond donors (Lipinski definition) is 1. The maximum absolute atomic E-state index is 12.6. The van der Waals surface area contributed by atoms with Crippen LogP contribution < -0.4 is 10.1 Å². The number of rotatable bonds is 7. The van der Waals surface area contributed by atoms with Gasteiger partial charge in [-0.15, -0.1) is 11.3 Å². The Morgan fingerprint density at radius 1 is 1.20 bits per heavy atom. The van der Waals surface area contributed by atoms with Crippen molar-refractivity contribution in [1.82, 2.24) is 4.90 Å². The van der Waals surface area contributed by atoms with Crippen molar-refractivity contribution in [2.24, 2.45) is 0 Å². The molecule has 2 heterocycles. The van der Waals surface area contributed by atoms with Crippen LogP contribution in [0.15, 0.2) is 29.2 Å². The fourth-order valence-electron chi connectivity index (χ4n) is 3.33. The molecule has 2 aromatic rings. The van der Waals surface area contributed by atoms with Gasteiger partial charge in [0.25, 0.3) is 0 Å². The fraction of sp³-hybridized carbons (Fsp3) is 0.400. The molecule has 1 aliphatic rings. The number of carbonyl (C=O) groups excluding carboxylic acids is 2. The second kappa shape index (κ2) is 9.15. The molecule has 0 saturated carbocycles. The van der Waals surface area contributed by atoms with Crippen LogP contribution in [0.2, 0.25) is 0 Å². The largest absolute Gasteiger partial charge is 0.497 e. The van der Waals surface area contributed by atoms with Crippen molar-refractivity contribution in [3.05, 3.63) is 40.3 Å². The Labute approximate surface area is 179 Å². The molecule has 1 aromatic heterocycles. The molecule has 10 heteroatoms. The van der Waals surface area contributed by atoms with Crippen LogP contribution in [0.1, 0.15) is 27.7 Å². The van der Waals surface area contributed by atoms with Gasteiger partial charge in [-0.2, -0.15) is 0 Å². The number of ether oxygens (including phenoxy) is 2. The Morgan fingerprint density at radius 3 is 2.50 bits per heavy atom. The molecule has 8 nitrogen and oxygen atoms in total. The molecule has 1 amide bonds. The molecule has 0 fully saturated rings. The number of esters is 1. The molecule has 0 saturated heterocycles. The number of likely N-dealkylation sites (N-methyl/N-ethyl adjacent to an activating group) is 1. The van der Waals surface area contributed by atoms with Crippen LogP contribution in [0.3, 0.4) is 0 Å². The van der Waals surface area contributed by atoms with Gasteiger partial charge < -0.3 is 14.8 Å². The van der Waals surface area contributed by atoms with E-state index in [1.54, 1.807) is 0 Å². The third kappa shape index (κ3) is 4.66. The van der Waals surface area contributed by atoms with Crippen LogP contribution in [-0.2, 0) is 32.3 Å². The average Bonchev–Trinajstić information content (AvgIpc) is 3.09. The Bertz CT molecular complexity index is 1040. The predicted octanol–water partition coefficient (Wildman–Crippen LogP) is 2.33. The third-order valence-electron chi connectivity index (χ3n) is 4.97. The summed E-state index contributed by atoms with van der Waals surface area (Å²) in [6.07, 6.45) is 0.671. The third-order valence-corrected chi connectivity index (χ3v) is 7.73. The van der Waals surface area contributed by atoms with E-state index in [2.05, 4.69) is 17.1 Å². The number of anilines is 1. The molecule has 30 heavy (non-hydrogen) atoms. The first-order valence-corrected chi connectivity index (χ1v) is 11.9. The lowest BCUT2D eigenvalue weighted by molar-refractivity contribution is -0.113. The standard InChI is InChI=1S/C20H24N2O6S2/c1-4-22-10-9-15-16(11-22)29-19(18(15)20(24)28-3)21-17(23)12-30(25,26)14-7-5-13(27-2)6-8-14/h5-8H,4,9-12H2,1-3H3,(H,21,23). The van der Waals surface area contributed by atoms with E-state index in [4.69, 9.17) is 9.47 Å². The van der Waals surface area contributed by atoms with E-state index in [0.29, 0.717) is 29.3 Å². The molecule has 162 valence electrons. The molecule has 0 radical (unpaired) electrons. The number of hydrogen-bond acceptors (Lipinski definition) is 8. The molecule has 0 aliphatic carbocycles. The molecule has 1 N–H and O–H groups in total. The zero-order chi connectivity index (χ0) is 21.9. The van der Waals surface area contributed by atoms with E-state index >= 15 is 0 Å². The summed E-state index contributed by atoms with van der Waals surface area (Å²) < 4.78 is 35.1. The van der Waals surface area contributed by atoms with Gasteiger partial charge in [-0.3, -0.25) is 9.69 Å². The van der Waals surface area contributed by atoms with Gasteiger partial charge in [0, 0.05) is 18.0 Å². The van der Waals surface area contributed by atoms with Gasteiger partial charge in [-0.05, 0) is 42.8 Å². The summed E-state index contributed by atoms with van der Waals surface area (Å²) in [7, 11) is -1.08. The Balaban J connectivity index is 1.82. The summed E-state index contributed by atoms with van der Waals surface area (Å²) >= 11 is 1.29. The first-order valence-electron chi connectivity index (χ1n) is 9.41. The van der Waals surface area contributed by atoms with Crippen molar-refractivity contribution in [1.29, 1.82) is 0 Å². The topological polar surface area (TPSA) is 102 Å². The number of carbonyl (C=O) groups is 2. The monoisotopic (exact) mass is 452 g/mol. The van der Waals surface area contributed by atoms with Crippen molar-refractivity contribution >= 4 is 38.1 Å². The van der Waals surface area contributed by atoms with Crippen LogP contribution in [0, 0.1) is 0 Å². The molecule has 0 atom stereocenters. The van der Waals surface area contributed by atoms with Gasteiger partial charge in [-0.1, -0.05) is 6.92 Å². The molecule has 1 aromatic carbocycles. The number of nitrogens with zero attached hydrogens (tertiary/aromatic N) is 1. The van der Waals surface area contributed by atoms with Crippen molar-refractivity contribution in [3.8, 4) is 5.75 Å². The summed E-state index contributed by atoms with van der Waals surface area (Å²) in [4.78, 5) is 28.1. The minimum atomic E-state index is -3.85. The lowest BCUT2D eigenvalue weighted by Crippen LogP contribution is -2.30. The molecular weight excluding hydrogens is 428 g/mol. The van der Waals surface area contributed by atoms with E-state index in [9.17, 15) is 18.0 Å². The molecule has 0 spiro atoms. The van der Waals surface area contributed by atoms with Crippen molar-refractivity contribution in [2.75, 3.05) is 38.4 Å². The maximum Gasteiger partial charge on any atom is 0.341 e. The summed E-state index contributed by atoms with van der Waals surface area (Å²) in [5.74, 6) is -1.46. The van der Waals surface area contributed by atoms with Crippen molar-refractivity contribution in [2.45, 2.75) is 24.8 Å². The van der Waals surface area contributed by atoms with Crippen LogP contribution in [-0.4, -0.2) is 58.3 Å². The zero-order valence-corrected chi connectivity index (χ0v) is 18.7. The minimum Gasteiger partial charge on any atom is -0.497 e. The SMILES string of the molecule is CCN1CCc2c(sc(NC(=O)CS(=O)(=O)c3ccc(OC)cc3)c2C(=O)OC)C1. The van der Waals surface area contributed by atoms with Gasteiger partial charge in [0.05, 0.1) is 24.7 Å². The lowest BCUT2D eigenvalue weighted by atomic mass is 10.0. The number of sulfone groups is 1. The minimum absolute atomic E-state index is 0.0238. The van der Waals surface area contributed by atoms with Crippen LogP contribution in [0.4, 0.5) is 5.00 Å². The van der Waals surface area contributed by atoms with Gasteiger partial charge in [0.15, 0.2) is 9.84 Å². The molecule has 0 bridgehead atoms. The number of nitrogens with one attached hydrogen (secondary N) is 1. The zero-order valence-electron chi connectivity index (χ0n) is 17.1. The Hall–Kier alpha value is -2.43. The number of benzene rings is 1. The number of fused-ring (bicyclic) bond motifs is 1. The summed E-state index contributed by atoms with van der Waals surface area (Å²) in [6, 6.07) is 5.83. The van der Waals surface area contributed by atoms with Crippen LogP contribution >= 0.6 is 11.3 Å². The van der Waals surface area contributed by atoms with E-state index in [1.165, 1.54) is 49.8 Å². The fourth-order valence-corrected chi connectivity index (χ4v) is 5.76. The highest BCUT2D eigenvalue weighted by molar-refractivity contribution is 7.92. The van der Waals surface area contributed by atoms with E-state index in [0.717, 1.165) is 23.5 Å². The second-order valence-corrected chi connectivity index (χ2v) is 9.90. The summed E-state index contributed by atoms with van der Waals surface area (Å²) in [5, 5.41) is 2.95. The highest BCUT2D eigenvalue weighted by Crippen LogP contribution is 2.37. The highest BCUT2D eigenvalue weighted by Gasteiger charge is 2.29. The molecular formula is C20H24N2O6S2. The number of thiophene rings is 1.